The molecule has 3 aromatic carbocycles. The fourth-order valence-corrected chi connectivity index (χ4v) is 4.14. The van der Waals surface area contributed by atoms with Crippen LogP contribution in [0.5, 0.6) is 0 Å². The largest absolute Gasteiger partial charge is 0.382 e. The number of fused-ring (bicyclic) bond motifs is 1. The number of aliphatic hydroxyl groups is 2. The topological polar surface area (TPSA) is 65.7 Å². The summed E-state index contributed by atoms with van der Waals surface area (Å²) in [6, 6.07) is 28.9. The van der Waals surface area contributed by atoms with Crippen molar-refractivity contribution in [3.8, 4) is 0 Å². The highest BCUT2D eigenvalue weighted by molar-refractivity contribution is 6.08. The van der Waals surface area contributed by atoms with Crippen molar-refractivity contribution in [1.29, 1.82) is 0 Å². The molecule has 1 aliphatic heterocycles. The van der Waals surface area contributed by atoms with Gasteiger partial charge in [0.15, 0.2) is 0 Å². The van der Waals surface area contributed by atoms with E-state index in [2.05, 4.69) is 0 Å². The van der Waals surface area contributed by atoms with Crippen molar-refractivity contribution in [2.24, 2.45) is 0 Å². The van der Waals surface area contributed by atoms with E-state index in [-0.39, 0.29) is 5.91 Å². The Morgan fingerprint density at radius 1 is 0.767 bits per heavy atom. The standard InChI is InChI=1S/C25H20N2O3/c28-23(18-10-3-1-4-11-18)22-16-9-17-26(22)27-24(29)20-14-7-8-15-21(20)25(27,30)19-12-5-2-6-13-19/h1-17,23,28,30H. The van der Waals surface area contributed by atoms with Gasteiger partial charge in [0.2, 0.25) is 5.72 Å². The minimum Gasteiger partial charge on any atom is -0.382 e. The summed E-state index contributed by atoms with van der Waals surface area (Å²) in [6.07, 6.45) is 0.719. The molecule has 4 aromatic rings. The summed E-state index contributed by atoms with van der Waals surface area (Å²) < 4.78 is 1.55. The molecule has 5 nitrogen and oxygen atoms in total. The second kappa shape index (κ2) is 6.99. The van der Waals surface area contributed by atoms with Crippen LogP contribution in [-0.2, 0) is 5.72 Å². The highest BCUT2D eigenvalue weighted by atomic mass is 16.3. The molecule has 30 heavy (non-hydrogen) atoms. The Morgan fingerprint density at radius 3 is 2.13 bits per heavy atom. The van der Waals surface area contributed by atoms with E-state index >= 15 is 0 Å². The van der Waals surface area contributed by atoms with Crippen LogP contribution in [0, 0.1) is 0 Å². The zero-order valence-corrected chi connectivity index (χ0v) is 16.1. The van der Waals surface area contributed by atoms with Crippen molar-refractivity contribution in [3.63, 3.8) is 0 Å². The number of carbonyl (C=O) groups excluding carboxylic acids is 1. The second-order valence-corrected chi connectivity index (χ2v) is 7.29. The third kappa shape index (κ3) is 2.60. The van der Waals surface area contributed by atoms with Crippen LogP contribution in [0.3, 0.4) is 0 Å². The molecule has 0 saturated heterocycles. The summed E-state index contributed by atoms with van der Waals surface area (Å²) in [5, 5.41) is 24.3. The van der Waals surface area contributed by atoms with Gasteiger partial charge in [-0.1, -0.05) is 78.9 Å². The molecule has 1 aliphatic rings. The van der Waals surface area contributed by atoms with Gasteiger partial charge in [-0.25, -0.2) is 5.01 Å². The van der Waals surface area contributed by atoms with Crippen LogP contribution in [0.4, 0.5) is 0 Å². The minimum atomic E-state index is -1.71. The third-order valence-electron chi connectivity index (χ3n) is 5.58. The van der Waals surface area contributed by atoms with Crippen LogP contribution in [-0.4, -0.2) is 20.8 Å². The van der Waals surface area contributed by atoms with E-state index < -0.39 is 11.8 Å². The monoisotopic (exact) mass is 396 g/mol. The van der Waals surface area contributed by atoms with Gasteiger partial charge < -0.3 is 10.2 Å². The van der Waals surface area contributed by atoms with Crippen LogP contribution in [0.25, 0.3) is 0 Å². The average molecular weight is 396 g/mol. The Hall–Kier alpha value is -3.67. The molecule has 148 valence electrons. The fraction of sp³-hybridized carbons (Fsp3) is 0.0800. The quantitative estimate of drug-likeness (QED) is 0.554. The molecule has 0 radical (unpaired) electrons. The van der Waals surface area contributed by atoms with E-state index in [4.69, 9.17) is 0 Å². The SMILES string of the molecule is O=C1c2ccccc2C(O)(c2ccccc2)N1n1cccc1C(O)c1ccccc1. The zero-order chi connectivity index (χ0) is 20.7. The van der Waals surface area contributed by atoms with Gasteiger partial charge >= 0.3 is 0 Å². The lowest BCUT2D eigenvalue weighted by atomic mass is 9.94. The first kappa shape index (κ1) is 18.4. The summed E-state index contributed by atoms with van der Waals surface area (Å²) in [6.45, 7) is 0. The maximum Gasteiger partial charge on any atom is 0.276 e. The summed E-state index contributed by atoms with van der Waals surface area (Å²) in [7, 11) is 0. The van der Waals surface area contributed by atoms with Gasteiger partial charge in [-0.15, -0.1) is 0 Å². The van der Waals surface area contributed by atoms with E-state index in [1.165, 1.54) is 5.01 Å². The smallest absolute Gasteiger partial charge is 0.276 e. The third-order valence-corrected chi connectivity index (χ3v) is 5.58. The molecule has 0 bridgehead atoms. The summed E-state index contributed by atoms with van der Waals surface area (Å²) in [5.74, 6) is -0.338. The molecular weight excluding hydrogens is 376 g/mol. The molecule has 0 spiro atoms. The average Bonchev–Trinajstić information content (AvgIpc) is 3.36. The number of hydrogen-bond donors (Lipinski definition) is 2. The van der Waals surface area contributed by atoms with Gasteiger partial charge in [0.05, 0.1) is 5.69 Å². The van der Waals surface area contributed by atoms with Crippen LogP contribution < -0.4 is 5.01 Å². The van der Waals surface area contributed by atoms with Crippen molar-refractivity contribution in [2.75, 3.05) is 5.01 Å². The molecule has 0 aliphatic carbocycles. The molecule has 1 amide bonds. The predicted molar refractivity (Wildman–Crippen MR) is 113 cm³/mol. The van der Waals surface area contributed by atoms with Crippen molar-refractivity contribution in [1.82, 2.24) is 4.68 Å². The highest BCUT2D eigenvalue weighted by Gasteiger charge is 2.51. The Bertz CT molecular complexity index is 1200. The maximum absolute atomic E-state index is 13.5. The van der Waals surface area contributed by atoms with Crippen molar-refractivity contribution >= 4 is 5.91 Å². The molecule has 2 heterocycles. The number of nitrogens with zero attached hydrogens (tertiary/aromatic N) is 2. The van der Waals surface area contributed by atoms with Gasteiger partial charge in [-0.2, -0.15) is 0 Å². The normalized spacial score (nSPS) is 19.0. The first-order valence-corrected chi connectivity index (χ1v) is 9.75. The summed E-state index contributed by atoms with van der Waals surface area (Å²) in [4.78, 5) is 13.5. The lowest BCUT2D eigenvalue weighted by molar-refractivity contribution is 0.0502. The van der Waals surface area contributed by atoms with E-state index in [1.807, 2.05) is 48.5 Å². The van der Waals surface area contributed by atoms with Crippen molar-refractivity contribution in [2.45, 2.75) is 11.8 Å². The molecule has 0 saturated carbocycles. The van der Waals surface area contributed by atoms with Crippen molar-refractivity contribution in [3.05, 3.63) is 131 Å². The predicted octanol–water partition coefficient (Wildman–Crippen LogP) is 3.56. The van der Waals surface area contributed by atoms with E-state index in [9.17, 15) is 15.0 Å². The van der Waals surface area contributed by atoms with Crippen LogP contribution in [0.1, 0.15) is 38.8 Å². The number of aliphatic hydroxyl groups excluding tert-OH is 1. The Balaban J connectivity index is 1.70. The number of hydrogen-bond acceptors (Lipinski definition) is 3. The van der Waals surface area contributed by atoms with Gasteiger partial charge in [0, 0.05) is 22.9 Å². The van der Waals surface area contributed by atoms with E-state index in [0.29, 0.717) is 27.9 Å². The number of rotatable bonds is 4. The number of benzene rings is 3. The molecule has 2 atom stereocenters. The van der Waals surface area contributed by atoms with E-state index in [1.54, 1.807) is 59.4 Å². The van der Waals surface area contributed by atoms with Crippen LogP contribution in [0.2, 0.25) is 0 Å². The molecular formula is C25H20N2O3. The van der Waals surface area contributed by atoms with Crippen molar-refractivity contribution < 1.29 is 15.0 Å². The summed E-state index contributed by atoms with van der Waals surface area (Å²) >= 11 is 0. The van der Waals surface area contributed by atoms with Gasteiger partial charge in [-0.3, -0.25) is 9.47 Å². The second-order valence-electron chi connectivity index (χ2n) is 7.29. The Kier molecular flexibility index (Phi) is 4.28. The lowest BCUT2D eigenvalue weighted by Crippen LogP contribution is -2.52. The lowest BCUT2D eigenvalue weighted by Gasteiger charge is -2.36. The molecule has 5 heteroatoms. The zero-order valence-electron chi connectivity index (χ0n) is 16.1. The maximum atomic E-state index is 13.5. The van der Waals surface area contributed by atoms with Crippen LogP contribution >= 0.6 is 0 Å². The van der Waals surface area contributed by atoms with Gasteiger partial charge in [0.25, 0.3) is 5.91 Å². The minimum absolute atomic E-state index is 0.338. The van der Waals surface area contributed by atoms with Gasteiger partial charge in [-0.05, 0) is 23.8 Å². The number of aromatic nitrogens is 1. The molecule has 2 N–H and O–H groups in total. The molecule has 1 aromatic heterocycles. The molecule has 5 rings (SSSR count). The number of amides is 1. The van der Waals surface area contributed by atoms with E-state index in [0.717, 1.165) is 0 Å². The Labute approximate surface area is 174 Å². The molecule has 0 fully saturated rings. The summed E-state index contributed by atoms with van der Waals surface area (Å²) in [5.41, 5.74) is 0.977. The van der Waals surface area contributed by atoms with Gasteiger partial charge in [0.1, 0.15) is 6.10 Å². The fourth-order valence-electron chi connectivity index (χ4n) is 4.14. The highest BCUT2D eigenvalue weighted by Crippen LogP contribution is 2.42. The first-order chi connectivity index (χ1) is 14.6. The Morgan fingerprint density at radius 2 is 1.40 bits per heavy atom. The first-order valence-electron chi connectivity index (χ1n) is 9.75. The van der Waals surface area contributed by atoms with Crippen LogP contribution in [0.15, 0.2) is 103 Å². The molecule has 2 unspecified atom stereocenters. The number of carbonyl (C=O) groups is 1.